The van der Waals surface area contributed by atoms with Crippen LogP contribution in [0.1, 0.15) is 5.76 Å². The molecule has 0 saturated heterocycles. The first-order valence-corrected chi connectivity index (χ1v) is 7.17. The van der Waals surface area contributed by atoms with E-state index >= 15 is 0 Å². The van der Waals surface area contributed by atoms with E-state index in [0.717, 1.165) is 17.1 Å². The van der Waals surface area contributed by atoms with E-state index in [9.17, 15) is 5.11 Å². The van der Waals surface area contributed by atoms with Crippen LogP contribution in [0.4, 0.5) is 0 Å². The van der Waals surface area contributed by atoms with Gasteiger partial charge in [-0.25, -0.2) is 4.98 Å². The van der Waals surface area contributed by atoms with E-state index in [4.69, 9.17) is 9.15 Å². The van der Waals surface area contributed by atoms with Crippen molar-refractivity contribution in [3.63, 3.8) is 0 Å². The zero-order chi connectivity index (χ0) is 15.2. The summed E-state index contributed by atoms with van der Waals surface area (Å²) in [5, 5.41) is 10.1. The lowest BCUT2D eigenvalue weighted by molar-refractivity contribution is 0.0149. The van der Waals surface area contributed by atoms with Crippen molar-refractivity contribution in [2.24, 2.45) is 0 Å². The molecule has 1 N–H and O–H groups in total. The second-order valence-corrected chi connectivity index (χ2v) is 5.02. The SMILES string of the molecule is OC(COCc1ccco1)Cn1ccnc1-c1ccccc1. The lowest BCUT2D eigenvalue weighted by Gasteiger charge is -2.13. The Kier molecular flexibility index (Phi) is 4.68. The molecule has 22 heavy (non-hydrogen) atoms. The summed E-state index contributed by atoms with van der Waals surface area (Å²) >= 11 is 0. The number of hydrogen-bond donors (Lipinski definition) is 1. The Hall–Kier alpha value is -2.37. The normalized spacial score (nSPS) is 12.4. The molecule has 0 spiro atoms. The van der Waals surface area contributed by atoms with Crippen molar-refractivity contribution >= 4 is 0 Å². The van der Waals surface area contributed by atoms with Crippen LogP contribution in [0.2, 0.25) is 0 Å². The number of hydrogen-bond acceptors (Lipinski definition) is 4. The number of aliphatic hydroxyl groups is 1. The molecule has 1 aromatic carbocycles. The summed E-state index contributed by atoms with van der Waals surface area (Å²) < 4.78 is 12.6. The van der Waals surface area contributed by atoms with E-state index in [2.05, 4.69) is 4.98 Å². The van der Waals surface area contributed by atoms with Crippen molar-refractivity contribution < 1.29 is 14.3 Å². The lowest BCUT2D eigenvalue weighted by Crippen LogP contribution is -2.22. The molecule has 0 aliphatic rings. The monoisotopic (exact) mass is 298 g/mol. The van der Waals surface area contributed by atoms with Gasteiger partial charge in [0.2, 0.25) is 0 Å². The van der Waals surface area contributed by atoms with E-state index in [0.29, 0.717) is 13.2 Å². The van der Waals surface area contributed by atoms with E-state index in [1.165, 1.54) is 0 Å². The van der Waals surface area contributed by atoms with Crippen molar-refractivity contribution in [3.05, 3.63) is 66.9 Å². The van der Waals surface area contributed by atoms with Crippen molar-refractivity contribution in [3.8, 4) is 11.4 Å². The van der Waals surface area contributed by atoms with Crippen LogP contribution < -0.4 is 0 Å². The van der Waals surface area contributed by atoms with Gasteiger partial charge in [-0.3, -0.25) is 0 Å². The summed E-state index contributed by atoms with van der Waals surface area (Å²) in [6.45, 7) is 1.04. The molecule has 2 aromatic heterocycles. The lowest BCUT2D eigenvalue weighted by atomic mass is 10.2. The number of aliphatic hydroxyl groups excluding tert-OH is 1. The fourth-order valence-electron chi connectivity index (χ4n) is 2.27. The largest absolute Gasteiger partial charge is 0.467 e. The minimum Gasteiger partial charge on any atom is -0.467 e. The van der Waals surface area contributed by atoms with Crippen molar-refractivity contribution in [2.75, 3.05) is 6.61 Å². The minimum atomic E-state index is -0.605. The summed E-state index contributed by atoms with van der Waals surface area (Å²) in [7, 11) is 0. The van der Waals surface area contributed by atoms with Gasteiger partial charge in [0.15, 0.2) is 0 Å². The average molecular weight is 298 g/mol. The van der Waals surface area contributed by atoms with Crippen molar-refractivity contribution in [1.82, 2.24) is 9.55 Å². The van der Waals surface area contributed by atoms with Crippen LogP contribution in [0, 0.1) is 0 Å². The maximum absolute atomic E-state index is 10.1. The van der Waals surface area contributed by atoms with Crippen molar-refractivity contribution in [2.45, 2.75) is 19.3 Å². The molecular weight excluding hydrogens is 280 g/mol. The number of ether oxygens (including phenoxy) is 1. The molecule has 5 nitrogen and oxygen atoms in total. The Balaban J connectivity index is 1.56. The molecule has 0 bridgehead atoms. The first-order valence-electron chi connectivity index (χ1n) is 7.17. The predicted molar refractivity (Wildman–Crippen MR) is 82.0 cm³/mol. The van der Waals surface area contributed by atoms with Gasteiger partial charge in [-0.05, 0) is 12.1 Å². The Labute approximate surface area is 128 Å². The maximum Gasteiger partial charge on any atom is 0.139 e. The van der Waals surface area contributed by atoms with Crippen LogP contribution in [0.5, 0.6) is 0 Å². The number of imidazole rings is 1. The third-order valence-corrected chi connectivity index (χ3v) is 3.29. The number of nitrogens with zero attached hydrogens (tertiary/aromatic N) is 2. The van der Waals surface area contributed by atoms with Gasteiger partial charge in [0.05, 0.1) is 25.5 Å². The molecule has 3 aromatic rings. The molecule has 0 fully saturated rings. The van der Waals surface area contributed by atoms with E-state index < -0.39 is 6.10 Å². The van der Waals surface area contributed by atoms with Gasteiger partial charge in [-0.15, -0.1) is 0 Å². The summed E-state index contributed by atoms with van der Waals surface area (Å²) in [6, 6.07) is 13.6. The molecule has 5 heteroatoms. The number of rotatable bonds is 7. The predicted octanol–water partition coefficient (Wildman–Crippen LogP) is 2.72. The van der Waals surface area contributed by atoms with Gasteiger partial charge in [-0.1, -0.05) is 30.3 Å². The fourth-order valence-corrected chi connectivity index (χ4v) is 2.27. The highest BCUT2D eigenvalue weighted by Crippen LogP contribution is 2.17. The summed E-state index contributed by atoms with van der Waals surface area (Å²) in [4.78, 5) is 4.36. The number of benzene rings is 1. The van der Waals surface area contributed by atoms with Crippen LogP contribution >= 0.6 is 0 Å². The molecule has 0 aliphatic heterocycles. The second-order valence-electron chi connectivity index (χ2n) is 5.02. The highest BCUT2D eigenvalue weighted by Gasteiger charge is 2.11. The molecule has 114 valence electrons. The molecule has 2 heterocycles. The van der Waals surface area contributed by atoms with Crippen LogP contribution in [0.15, 0.2) is 65.5 Å². The first-order chi connectivity index (χ1) is 10.8. The first kappa shape index (κ1) is 14.6. The number of aromatic nitrogens is 2. The summed E-state index contributed by atoms with van der Waals surface area (Å²) in [5.41, 5.74) is 1.02. The minimum absolute atomic E-state index is 0.243. The molecule has 0 saturated carbocycles. The Morgan fingerprint density at radius 2 is 2.05 bits per heavy atom. The third-order valence-electron chi connectivity index (χ3n) is 3.29. The van der Waals surface area contributed by atoms with Crippen molar-refractivity contribution in [1.29, 1.82) is 0 Å². The van der Waals surface area contributed by atoms with Gasteiger partial charge < -0.3 is 18.8 Å². The van der Waals surface area contributed by atoms with E-state index in [1.807, 2.05) is 53.2 Å². The van der Waals surface area contributed by atoms with Crippen LogP contribution in [0.25, 0.3) is 11.4 Å². The molecule has 0 aliphatic carbocycles. The molecular formula is C17H18N2O3. The third kappa shape index (κ3) is 3.63. The molecule has 3 rings (SSSR count). The van der Waals surface area contributed by atoms with E-state index in [1.54, 1.807) is 12.5 Å². The Morgan fingerprint density at radius 1 is 1.18 bits per heavy atom. The van der Waals surface area contributed by atoms with E-state index in [-0.39, 0.29) is 6.61 Å². The topological polar surface area (TPSA) is 60.4 Å². The summed E-state index contributed by atoms with van der Waals surface area (Å²) in [5.74, 6) is 1.59. The number of furan rings is 1. The smallest absolute Gasteiger partial charge is 0.139 e. The second kappa shape index (κ2) is 7.06. The van der Waals surface area contributed by atoms with Gasteiger partial charge in [0.25, 0.3) is 0 Å². The fraction of sp³-hybridized carbons (Fsp3) is 0.235. The molecule has 0 radical (unpaired) electrons. The highest BCUT2D eigenvalue weighted by molar-refractivity contribution is 5.55. The zero-order valence-corrected chi connectivity index (χ0v) is 12.1. The van der Waals surface area contributed by atoms with Crippen LogP contribution in [-0.4, -0.2) is 27.4 Å². The zero-order valence-electron chi connectivity index (χ0n) is 12.1. The van der Waals surface area contributed by atoms with Gasteiger partial charge in [-0.2, -0.15) is 0 Å². The standard InChI is InChI=1S/C17H18N2O3/c20-15(12-21-13-16-7-4-10-22-16)11-19-9-8-18-17(19)14-5-2-1-3-6-14/h1-10,15,20H,11-13H2. The Morgan fingerprint density at radius 3 is 2.82 bits per heavy atom. The highest BCUT2D eigenvalue weighted by atomic mass is 16.5. The quantitative estimate of drug-likeness (QED) is 0.728. The van der Waals surface area contributed by atoms with Crippen LogP contribution in [0.3, 0.4) is 0 Å². The van der Waals surface area contributed by atoms with Gasteiger partial charge in [0.1, 0.15) is 18.2 Å². The average Bonchev–Trinajstić information content (AvgIpc) is 3.20. The van der Waals surface area contributed by atoms with Crippen LogP contribution in [-0.2, 0) is 17.9 Å². The molecule has 1 atom stereocenters. The molecule has 1 unspecified atom stereocenters. The van der Waals surface area contributed by atoms with Gasteiger partial charge in [0, 0.05) is 18.0 Å². The van der Waals surface area contributed by atoms with Gasteiger partial charge >= 0.3 is 0 Å². The Bertz CT molecular complexity index is 677. The maximum atomic E-state index is 10.1. The summed E-state index contributed by atoms with van der Waals surface area (Å²) in [6.07, 6.45) is 4.59. The molecule has 0 amide bonds.